The van der Waals surface area contributed by atoms with Crippen molar-refractivity contribution in [2.45, 2.75) is 13.3 Å². The molecule has 0 aliphatic heterocycles. The maximum absolute atomic E-state index is 11.1. The summed E-state index contributed by atoms with van der Waals surface area (Å²) >= 11 is 3.23. The van der Waals surface area contributed by atoms with Crippen molar-refractivity contribution in [1.29, 1.82) is 0 Å². The van der Waals surface area contributed by atoms with Gasteiger partial charge in [0.1, 0.15) is 5.75 Å². The molecule has 18 heavy (non-hydrogen) atoms. The van der Waals surface area contributed by atoms with Crippen molar-refractivity contribution in [3.8, 4) is 5.75 Å². The smallest absolute Gasteiger partial charge is 0.229 e. The topological polar surface area (TPSA) is 45.3 Å². The van der Waals surface area contributed by atoms with Crippen LogP contribution in [0.4, 0.5) is 0 Å². The van der Waals surface area contributed by atoms with Gasteiger partial charge in [0.05, 0.1) is 23.3 Å². The minimum absolute atomic E-state index is 0.00687. The van der Waals surface area contributed by atoms with Gasteiger partial charge in [0, 0.05) is 30.6 Å². The second kappa shape index (κ2) is 5.44. The molecule has 0 aliphatic rings. The number of aromatic nitrogens is 1. The Bertz CT molecular complexity index is 565. The molecule has 4 nitrogen and oxygen atoms in total. The molecule has 1 aromatic carbocycles. The molecule has 1 heterocycles. The average molecular weight is 311 g/mol. The first-order chi connectivity index (χ1) is 8.61. The third-order valence-corrected chi connectivity index (χ3v) is 3.75. The van der Waals surface area contributed by atoms with Crippen molar-refractivity contribution in [3.63, 3.8) is 0 Å². The third-order valence-electron chi connectivity index (χ3n) is 2.89. The molecule has 0 fully saturated rings. The van der Waals surface area contributed by atoms with Crippen molar-refractivity contribution >= 4 is 33.0 Å². The zero-order valence-corrected chi connectivity index (χ0v) is 12.0. The fourth-order valence-corrected chi connectivity index (χ4v) is 2.04. The number of amides is 1. The van der Waals surface area contributed by atoms with Gasteiger partial charge in [0.2, 0.25) is 5.91 Å². The van der Waals surface area contributed by atoms with Gasteiger partial charge in [-0.1, -0.05) is 0 Å². The van der Waals surface area contributed by atoms with Gasteiger partial charge in [-0.15, -0.1) is 0 Å². The number of H-pyrrole nitrogens is 1. The predicted octanol–water partition coefficient (Wildman–Crippen LogP) is 2.88. The number of halogens is 1. The van der Waals surface area contributed by atoms with Crippen molar-refractivity contribution < 1.29 is 9.53 Å². The van der Waals surface area contributed by atoms with E-state index < -0.39 is 0 Å². The first-order valence-corrected chi connectivity index (χ1v) is 6.40. The number of nitrogens with zero attached hydrogens (tertiary/aromatic N) is 1. The van der Waals surface area contributed by atoms with E-state index in [0.717, 1.165) is 23.1 Å². The summed E-state index contributed by atoms with van der Waals surface area (Å²) in [4.78, 5) is 14.3. The highest BCUT2D eigenvalue weighted by Gasteiger charge is 2.08. The molecule has 0 unspecified atom stereocenters. The van der Waals surface area contributed by atoms with E-state index in [9.17, 15) is 4.79 Å². The molecular weight excluding hydrogens is 296 g/mol. The van der Waals surface area contributed by atoms with E-state index in [1.807, 2.05) is 24.4 Å². The predicted molar refractivity (Wildman–Crippen MR) is 74.9 cm³/mol. The number of methoxy groups -OCH3 is 1. The molecular formula is C13H15BrN2O2. The van der Waals surface area contributed by atoms with Gasteiger partial charge in [-0.3, -0.25) is 8.72 Å². The molecule has 0 radical (unpaired) electrons. The van der Waals surface area contributed by atoms with Gasteiger partial charge in [0.25, 0.3) is 0 Å². The Balaban J connectivity index is 2.20. The molecule has 0 bridgehead atoms. The summed E-state index contributed by atoms with van der Waals surface area (Å²) in [6.07, 6.45) is 2.77. The number of rotatable bonds is 4. The Hall–Kier alpha value is -1.49. The van der Waals surface area contributed by atoms with Crippen LogP contribution in [0.15, 0.2) is 24.4 Å². The third kappa shape index (κ3) is 2.67. The summed E-state index contributed by atoms with van der Waals surface area (Å²) in [5, 5.41) is 1.14. The highest BCUT2D eigenvalue weighted by Crippen LogP contribution is 2.24. The van der Waals surface area contributed by atoms with Crippen molar-refractivity contribution in [2.24, 2.45) is 0 Å². The molecule has 1 aromatic heterocycles. The second-order valence-electron chi connectivity index (χ2n) is 4.08. The van der Waals surface area contributed by atoms with Crippen LogP contribution in [0.3, 0.4) is 0 Å². The molecule has 0 spiro atoms. The van der Waals surface area contributed by atoms with Crippen LogP contribution in [0, 0.1) is 0 Å². The lowest BCUT2D eigenvalue weighted by molar-refractivity contribution is -0.123. The maximum atomic E-state index is 11.1. The normalized spacial score (nSPS) is 10.6. The van der Waals surface area contributed by atoms with Gasteiger partial charge >= 0.3 is 0 Å². The van der Waals surface area contributed by atoms with Crippen LogP contribution < -0.4 is 4.74 Å². The van der Waals surface area contributed by atoms with Gasteiger partial charge in [-0.2, -0.15) is 0 Å². The van der Waals surface area contributed by atoms with Crippen molar-refractivity contribution in [1.82, 2.24) is 8.91 Å². The summed E-state index contributed by atoms with van der Waals surface area (Å²) in [5.41, 5.74) is 2.25. The molecule has 5 heteroatoms. The minimum atomic E-state index is 0.00687. The van der Waals surface area contributed by atoms with Gasteiger partial charge in [0.15, 0.2) is 0 Å². The van der Waals surface area contributed by atoms with Crippen LogP contribution >= 0.6 is 16.1 Å². The lowest BCUT2D eigenvalue weighted by Gasteiger charge is -2.11. The van der Waals surface area contributed by atoms with E-state index in [0.29, 0.717) is 6.54 Å². The Morgan fingerprint density at radius 1 is 1.50 bits per heavy atom. The SMILES string of the molecule is COc1ccc2[nH]cc(CCN(Br)C(C)=O)c2c1. The number of hydrogen-bond donors (Lipinski definition) is 1. The first kappa shape index (κ1) is 13.0. The average Bonchev–Trinajstić information content (AvgIpc) is 2.77. The fraction of sp³-hybridized carbons (Fsp3) is 0.308. The largest absolute Gasteiger partial charge is 0.497 e. The molecule has 0 saturated heterocycles. The molecule has 0 saturated carbocycles. The molecule has 2 rings (SSSR count). The number of hydrogen-bond acceptors (Lipinski definition) is 2. The van der Waals surface area contributed by atoms with Crippen LogP contribution in [0.2, 0.25) is 0 Å². The van der Waals surface area contributed by atoms with E-state index in [2.05, 4.69) is 21.1 Å². The lowest BCUT2D eigenvalue weighted by atomic mass is 10.1. The molecule has 1 amide bonds. The second-order valence-corrected chi connectivity index (χ2v) is 4.94. The van der Waals surface area contributed by atoms with Crippen LogP contribution in [-0.2, 0) is 11.2 Å². The number of ether oxygens (including phenoxy) is 1. The van der Waals surface area contributed by atoms with E-state index in [1.54, 1.807) is 7.11 Å². The first-order valence-electron chi connectivity index (χ1n) is 5.69. The van der Waals surface area contributed by atoms with E-state index in [-0.39, 0.29) is 5.91 Å². The summed E-state index contributed by atoms with van der Waals surface area (Å²) < 4.78 is 6.76. The van der Waals surface area contributed by atoms with E-state index in [4.69, 9.17) is 4.74 Å². The highest BCUT2D eigenvalue weighted by atomic mass is 79.9. The monoisotopic (exact) mass is 310 g/mol. The van der Waals surface area contributed by atoms with Crippen molar-refractivity contribution in [2.75, 3.05) is 13.7 Å². The quantitative estimate of drug-likeness (QED) is 0.883. The van der Waals surface area contributed by atoms with E-state index in [1.165, 1.54) is 16.4 Å². The summed E-state index contributed by atoms with van der Waals surface area (Å²) in [6.45, 7) is 2.17. The molecule has 1 N–H and O–H groups in total. The van der Waals surface area contributed by atoms with Gasteiger partial charge in [-0.25, -0.2) is 0 Å². The van der Waals surface area contributed by atoms with Gasteiger partial charge in [-0.05, 0) is 30.2 Å². The molecule has 96 valence electrons. The fourth-order valence-electron chi connectivity index (χ4n) is 1.87. The Kier molecular flexibility index (Phi) is 3.91. The van der Waals surface area contributed by atoms with Gasteiger partial charge < -0.3 is 9.72 Å². The number of fused-ring (bicyclic) bond motifs is 1. The maximum Gasteiger partial charge on any atom is 0.229 e. The number of carbonyl (C=O) groups is 1. The summed E-state index contributed by atoms with van der Waals surface area (Å²) in [7, 11) is 1.66. The Labute approximate surface area is 114 Å². The van der Waals surface area contributed by atoms with Crippen LogP contribution in [-0.4, -0.2) is 28.5 Å². The number of carbonyl (C=O) groups excluding carboxylic acids is 1. The Morgan fingerprint density at radius 2 is 2.28 bits per heavy atom. The zero-order valence-electron chi connectivity index (χ0n) is 10.4. The number of aromatic amines is 1. The standard InChI is InChI=1S/C13H15BrN2O2/c1-9(17)16(14)6-5-10-8-15-13-4-3-11(18-2)7-12(10)13/h3-4,7-8,15H,5-6H2,1-2H3. The number of benzene rings is 1. The Morgan fingerprint density at radius 3 is 2.94 bits per heavy atom. The summed E-state index contributed by atoms with van der Waals surface area (Å²) in [6, 6.07) is 5.93. The summed E-state index contributed by atoms with van der Waals surface area (Å²) in [5.74, 6) is 0.845. The number of nitrogens with one attached hydrogen (secondary N) is 1. The molecule has 2 aromatic rings. The molecule has 0 atom stereocenters. The van der Waals surface area contributed by atoms with Crippen LogP contribution in [0.25, 0.3) is 10.9 Å². The highest BCUT2D eigenvalue weighted by molar-refractivity contribution is 9.07. The van der Waals surface area contributed by atoms with Crippen LogP contribution in [0.1, 0.15) is 12.5 Å². The zero-order chi connectivity index (χ0) is 13.1. The lowest BCUT2D eigenvalue weighted by Crippen LogP contribution is -2.19. The minimum Gasteiger partial charge on any atom is -0.497 e. The van der Waals surface area contributed by atoms with Crippen LogP contribution in [0.5, 0.6) is 5.75 Å². The van der Waals surface area contributed by atoms with E-state index >= 15 is 0 Å². The molecule has 0 aliphatic carbocycles. The van der Waals surface area contributed by atoms with Crippen molar-refractivity contribution in [3.05, 3.63) is 30.0 Å².